The van der Waals surface area contributed by atoms with Crippen molar-refractivity contribution in [2.75, 3.05) is 36.0 Å². The van der Waals surface area contributed by atoms with Gasteiger partial charge in [-0.2, -0.15) is 0 Å². The fourth-order valence-electron chi connectivity index (χ4n) is 2.66. The van der Waals surface area contributed by atoms with Crippen molar-refractivity contribution in [3.05, 3.63) is 30.0 Å². The normalized spacial score (nSPS) is 15.8. The van der Waals surface area contributed by atoms with Crippen LogP contribution in [-0.4, -0.2) is 45.7 Å². The van der Waals surface area contributed by atoms with Gasteiger partial charge in [0.2, 0.25) is 5.95 Å². The zero-order chi connectivity index (χ0) is 14.1. The Labute approximate surface area is 119 Å². The van der Waals surface area contributed by atoms with Crippen molar-refractivity contribution in [2.45, 2.75) is 13.8 Å². The van der Waals surface area contributed by atoms with Crippen LogP contribution in [0.3, 0.4) is 0 Å². The lowest BCUT2D eigenvalue weighted by molar-refractivity contribution is 0.624. The molecule has 2 aromatic heterocycles. The zero-order valence-corrected chi connectivity index (χ0v) is 12.2. The molecule has 2 aromatic rings. The largest absolute Gasteiger partial charge is 0.353 e. The Hall–Kier alpha value is -2.11. The first-order valence-corrected chi connectivity index (χ1v) is 6.93. The molecule has 3 rings (SSSR count). The van der Waals surface area contributed by atoms with Gasteiger partial charge in [0.15, 0.2) is 0 Å². The van der Waals surface area contributed by atoms with Gasteiger partial charge in [-0.3, -0.25) is 0 Å². The molecule has 3 heterocycles. The molecule has 0 unspecified atom stereocenters. The SMILES string of the molecule is Cc1cc(N2CCN(c3nccn3C)CC2)nc(C)n1. The third kappa shape index (κ3) is 2.45. The molecule has 1 aliphatic heterocycles. The first-order chi connectivity index (χ1) is 9.63. The predicted octanol–water partition coefficient (Wildman–Crippen LogP) is 1.15. The summed E-state index contributed by atoms with van der Waals surface area (Å²) >= 11 is 0. The summed E-state index contributed by atoms with van der Waals surface area (Å²) in [5, 5.41) is 0. The molecule has 0 saturated carbocycles. The Morgan fingerprint density at radius 2 is 1.70 bits per heavy atom. The number of rotatable bonds is 2. The zero-order valence-electron chi connectivity index (χ0n) is 12.2. The molecule has 6 heteroatoms. The van der Waals surface area contributed by atoms with Crippen molar-refractivity contribution >= 4 is 11.8 Å². The molecular weight excluding hydrogens is 252 g/mol. The molecule has 1 fully saturated rings. The molecule has 0 radical (unpaired) electrons. The smallest absolute Gasteiger partial charge is 0.205 e. The van der Waals surface area contributed by atoms with Crippen molar-refractivity contribution < 1.29 is 0 Å². The van der Waals surface area contributed by atoms with Crippen molar-refractivity contribution in [1.82, 2.24) is 19.5 Å². The highest BCUT2D eigenvalue weighted by atomic mass is 15.4. The van der Waals surface area contributed by atoms with E-state index < -0.39 is 0 Å². The summed E-state index contributed by atoms with van der Waals surface area (Å²) in [5.74, 6) is 2.92. The summed E-state index contributed by atoms with van der Waals surface area (Å²) in [6, 6.07) is 2.06. The number of aromatic nitrogens is 4. The highest BCUT2D eigenvalue weighted by molar-refractivity contribution is 5.43. The van der Waals surface area contributed by atoms with Gasteiger partial charge in [-0.25, -0.2) is 15.0 Å². The van der Waals surface area contributed by atoms with Gasteiger partial charge in [-0.15, -0.1) is 0 Å². The standard InChI is InChI=1S/C14H20N6/c1-11-10-13(17-12(2)16-11)19-6-8-20(9-7-19)14-15-4-5-18(14)3/h4-5,10H,6-9H2,1-3H3. The molecule has 1 aliphatic rings. The Bertz CT molecular complexity index is 577. The number of hydrogen-bond donors (Lipinski definition) is 0. The van der Waals surface area contributed by atoms with E-state index in [9.17, 15) is 0 Å². The third-order valence-electron chi connectivity index (χ3n) is 3.63. The topological polar surface area (TPSA) is 50.1 Å². The lowest BCUT2D eigenvalue weighted by Crippen LogP contribution is -2.47. The van der Waals surface area contributed by atoms with Crippen LogP contribution in [0.5, 0.6) is 0 Å². The molecular formula is C14H20N6. The maximum absolute atomic E-state index is 4.54. The average molecular weight is 272 g/mol. The quantitative estimate of drug-likeness (QED) is 0.821. The minimum Gasteiger partial charge on any atom is -0.353 e. The Kier molecular flexibility index (Phi) is 3.30. The molecule has 20 heavy (non-hydrogen) atoms. The van der Waals surface area contributed by atoms with Crippen LogP contribution < -0.4 is 9.80 Å². The van der Waals surface area contributed by atoms with E-state index >= 15 is 0 Å². The summed E-state index contributed by atoms with van der Waals surface area (Å²) in [6.07, 6.45) is 3.83. The van der Waals surface area contributed by atoms with Crippen LogP contribution in [0.4, 0.5) is 11.8 Å². The first-order valence-electron chi connectivity index (χ1n) is 6.93. The second-order valence-electron chi connectivity index (χ2n) is 5.23. The van der Waals surface area contributed by atoms with Crippen molar-refractivity contribution in [3.63, 3.8) is 0 Å². The van der Waals surface area contributed by atoms with E-state index in [1.807, 2.05) is 33.3 Å². The monoisotopic (exact) mass is 272 g/mol. The minimum atomic E-state index is 0.839. The Balaban J connectivity index is 1.71. The summed E-state index contributed by atoms with van der Waals surface area (Å²) in [5.41, 5.74) is 1.03. The molecule has 0 aromatic carbocycles. The molecule has 0 bridgehead atoms. The van der Waals surface area contributed by atoms with E-state index in [-0.39, 0.29) is 0 Å². The molecule has 6 nitrogen and oxygen atoms in total. The fourth-order valence-corrected chi connectivity index (χ4v) is 2.66. The number of piperazine rings is 1. The number of hydrogen-bond acceptors (Lipinski definition) is 5. The van der Waals surface area contributed by atoms with E-state index in [4.69, 9.17) is 0 Å². The van der Waals surface area contributed by atoms with Crippen molar-refractivity contribution in [3.8, 4) is 0 Å². The first kappa shape index (κ1) is 12.9. The highest BCUT2D eigenvalue weighted by Gasteiger charge is 2.20. The van der Waals surface area contributed by atoms with Crippen LogP contribution in [0.15, 0.2) is 18.5 Å². The van der Waals surface area contributed by atoms with E-state index in [0.717, 1.165) is 49.5 Å². The van der Waals surface area contributed by atoms with Crippen molar-refractivity contribution in [2.24, 2.45) is 7.05 Å². The lowest BCUT2D eigenvalue weighted by atomic mass is 10.3. The Morgan fingerprint density at radius 3 is 2.30 bits per heavy atom. The van der Waals surface area contributed by atoms with Gasteiger partial charge in [0.1, 0.15) is 11.6 Å². The fraction of sp³-hybridized carbons (Fsp3) is 0.500. The number of anilines is 2. The average Bonchev–Trinajstić information content (AvgIpc) is 2.84. The minimum absolute atomic E-state index is 0.839. The van der Waals surface area contributed by atoms with Crippen LogP contribution in [-0.2, 0) is 7.05 Å². The van der Waals surface area contributed by atoms with Crippen LogP contribution >= 0.6 is 0 Å². The number of aryl methyl sites for hydroxylation is 3. The predicted molar refractivity (Wildman–Crippen MR) is 79.1 cm³/mol. The maximum atomic E-state index is 4.54. The van der Waals surface area contributed by atoms with E-state index in [2.05, 4.69) is 35.4 Å². The van der Waals surface area contributed by atoms with Crippen molar-refractivity contribution in [1.29, 1.82) is 0 Å². The number of imidazole rings is 1. The number of nitrogens with zero attached hydrogens (tertiary/aromatic N) is 6. The van der Waals surface area contributed by atoms with E-state index in [1.54, 1.807) is 0 Å². The molecule has 0 N–H and O–H groups in total. The second-order valence-corrected chi connectivity index (χ2v) is 5.23. The highest BCUT2D eigenvalue weighted by Crippen LogP contribution is 2.18. The molecule has 0 atom stereocenters. The summed E-state index contributed by atoms with van der Waals surface area (Å²) in [4.78, 5) is 17.9. The van der Waals surface area contributed by atoms with Crippen LogP contribution in [0, 0.1) is 13.8 Å². The molecule has 0 spiro atoms. The van der Waals surface area contributed by atoms with Gasteiger partial charge >= 0.3 is 0 Å². The lowest BCUT2D eigenvalue weighted by Gasteiger charge is -2.36. The van der Waals surface area contributed by atoms with Gasteiger partial charge in [-0.1, -0.05) is 0 Å². The van der Waals surface area contributed by atoms with Crippen LogP contribution in [0.2, 0.25) is 0 Å². The van der Waals surface area contributed by atoms with Gasteiger partial charge in [0, 0.05) is 57.4 Å². The molecule has 106 valence electrons. The summed E-state index contributed by atoms with van der Waals surface area (Å²) in [7, 11) is 2.03. The van der Waals surface area contributed by atoms with E-state index in [0.29, 0.717) is 0 Å². The summed E-state index contributed by atoms with van der Waals surface area (Å²) < 4.78 is 2.06. The van der Waals surface area contributed by atoms with Gasteiger partial charge in [-0.05, 0) is 13.8 Å². The summed E-state index contributed by atoms with van der Waals surface area (Å²) in [6.45, 7) is 7.81. The van der Waals surface area contributed by atoms with Gasteiger partial charge in [0.25, 0.3) is 0 Å². The van der Waals surface area contributed by atoms with E-state index in [1.165, 1.54) is 0 Å². The molecule has 0 amide bonds. The van der Waals surface area contributed by atoms with Gasteiger partial charge < -0.3 is 14.4 Å². The third-order valence-corrected chi connectivity index (χ3v) is 3.63. The van der Waals surface area contributed by atoms with Crippen LogP contribution in [0.1, 0.15) is 11.5 Å². The molecule has 1 saturated heterocycles. The Morgan fingerprint density at radius 1 is 1.00 bits per heavy atom. The van der Waals surface area contributed by atoms with Gasteiger partial charge in [0.05, 0.1) is 0 Å². The maximum Gasteiger partial charge on any atom is 0.205 e. The molecule has 0 aliphatic carbocycles. The van der Waals surface area contributed by atoms with Crippen LogP contribution in [0.25, 0.3) is 0 Å². The second kappa shape index (κ2) is 5.11.